The van der Waals surface area contributed by atoms with Crippen LogP contribution in [0.15, 0.2) is 48.5 Å². The molecule has 1 aromatic heterocycles. The maximum absolute atomic E-state index is 12.4. The molecule has 0 bridgehead atoms. The lowest BCUT2D eigenvalue weighted by atomic mass is 9.85. The van der Waals surface area contributed by atoms with E-state index in [-0.39, 0.29) is 5.41 Å². The van der Waals surface area contributed by atoms with Crippen molar-refractivity contribution in [1.82, 2.24) is 19.6 Å². The van der Waals surface area contributed by atoms with E-state index in [4.69, 9.17) is 9.84 Å². The van der Waals surface area contributed by atoms with Gasteiger partial charge in [-0.3, -0.25) is 14.4 Å². The molecule has 3 aromatic rings. The third-order valence-corrected chi connectivity index (χ3v) is 9.79. The van der Waals surface area contributed by atoms with Crippen LogP contribution in [0.2, 0.25) is 0 Å². The van der Waals surface area contributed by atoms with E-state index >= 15 is 0 Å². The summed E-state index contributed by atoms with van der Waals surface area (Å²) in [5.74, 6) is 1.02. The fourth-order valence-corrected chi connectivity index (χ4v) is 7.71. The number of aryl methyl sites for hydroxylation is 2. The molecule has 3 atom stereocenters. The second kappa shape index (κ2) is 13.8. The van der Waals surface area contributed by atoms with Gasteiger partial charge < -0.3 is 14.7 Å². The number of piperidine rings is 1. The zero-order valence-corrected chi connectivity index (χ0v) is 27.8. The SMILES string of the molecule is CCn1nc(Cc2ccc(OC)c(C#N)c2)cc1C1CCN(CC2CN(C(C(=O)O)C(C)(C)C)CC2c2cccc(C)c2)CC1. The van der Waals surface area contributed by atoms with Crippen molar-refractivity contribution in [3.63, 3.8) is 0 Å². The molecule has 1 N–H and O–H groups in total. The Morgan fingerprint density at radius 1 is 1.13 bits per heavy atom. The van der Waals surface area contributed by atoms with E-state index in [0.717, 1.165) is 63.4 Å². The molecule has 0 saturated carbocycles. The van der Waals surface area contributed by atoms with Gasteiger partial charge in [0.1, 0.15) is 17.9 Å². The van der Waals surface area contributed by atoms with Crippen molar-refractivity contribution < 1.29 is 14.6 Å². The van der Waals surface area contributed by atoms with Gasteiger partial charge in [0.2, 0.25) is 0 Å². The predicted molar refractivity (Wildman–Crippen MR) is 177 cm³/mol. The summed E-state index contributed by atoms with van der Waals surface area (Å²) in [5.41, 5.74) is 6.17. The smallest absolute Gasteiger partial charge is 0.321 e. The third kappa shape index (κ3) is 7.43. The molecule has 0 amide bonds. The van der Waals surface area contributed by atoms with Crippen molar-refractivity contribution in [2.24, 2.45) is 11.3 Å². The summed E-state index contributed by atoms with van der Waals surface area (Å²) in [5, 5.41) is 24.7. The first kappa shape index (κ1) is 32.7. The van der Waals surface area contributed by atoms with E-state index in [1.54, 1.807) is 7.11 Å². The number of carboxylic acids is 1. The first-order valence-corrected chi connectivity index (χ1v) is 16.4. The molecule has 2 aliphatic rings. The number of rotatable bonds is 10. The molecule has 2 aliphatic heterocycles. The lowest BCUT2D eigenvalue weighted by molar-refractivity contribution is -0.147. The fourth-order valence-electron chi connectivity index (χ4n) is 7.71. The van der Waals surface area contributed by atoms with Crippen molar-refractivity contribution in [3.8, 4) is 11.8 Å². The molecule has 240 valence electrons. The maximum Gasteiger partial charge on any atom is 0.321 e. The molecule has 0 spiro atoms. The number of ether oxygens (including phenoxy) is 1. The van der Waals surface area contributed by atoms with Crippen LogP contribution in [-0.2, 0) is 17.8 Å². The third-order valence-electron chi connectivity index (χ3n) is 9.79. The molecule has 3 heterocycles. The van der Waals surface area contributed by atoms with E-state index in [1.165, 1.54) is 16.8 Å². The van der Waals surface area contributed by atoms with Crippen LogP contribution >= 0.6 is 0 Å². The molecule has 0 radical (unpaired) electrons. The summed E-state index contributed by atoms with van der Waals surface area (Å²) >= 11 is 0. The number of hydrogen-bond acceptors (Lipinski definition) is 6. The number of nitrogens with zero attached hydrogens (tertiary/aromatic N) is 5. The number of likely N-dealkylation sites (tertiary alicyclic amines) is 2. The van der Waals surface area contributed by atoms with Gasteiger partial charge in [-0.15, -0.1) is 0 Å². The monoisotopic (exact) mass is 611 g/mol. The van der Waals surface area contributed by atoms with Crippen molar-refractivity contribution in [2.75, 3.05) is 39.8 Å². The highest BCUT2D eigenvalue weighted by Gasteiger charge is 2.44. The Kier molecular flexibility index (Phi) is 10.0. The molecule has 2 saturated heterocycles. The average molecular weight is 612 g/mol. The van der Waals surface area contributed by atoms with Crippen LogP contribution in [0.5, 0.6) is 5.75 Å². The molecular formula is C37H49N5O3. The van der Waals surface area contributed by atoms with Crippen molar-refractivity contribution in [1.29, 1.82) is 5.26 Å². The molecule has 5 rings (SSSR count). The minimum Gasteiger partial charge on any atom is -0.495 e. The predicted octanol–water partition coefficient (Wildman–Crippen LogP) is 6.08. The normalized spacial score (nSPS) is 20.6. The number of carbonyl (C=O) groups is 1. The van der Waals surface area contributed by atoms with Gasteiger partial charge in [-0.25, -0.2) is 0 Å². The molecule has 45 heavy (non-hydrogen) atoms. The molecule has 0 aliphatic carbocycles. The van der Waals surface area contributed by atoms with Crippen LogP contribution in [0.4, 0.5) is 0 Å². The van der Waals surface area contributed by atoms with Crippen LogP contribution < -0.4 is 4.74 Å². The van der Waals surface area contributed by atoms with E-state index in [2.05, 4.69) is 64.7 Å². The Morgan fingerprint density at radius 3 is 2.51 bits per heavy atom. The Hall–Kier alpha value is -3.67. The first-order chi connectivity index (χ1) is 21.5. The van der Waals surface area contributed by atoms with E-state index < -0.39 is 12.0 Å². The zero-order chi connectivity index (χ0) is 32.3. The van der Waals surface area contributed by atoms with Gasteiger partial charge in [-0.05, 0) is 80.4 Å². The fraction of sp³-hybridized carbons (Fsp3) is 0.541. The number of aliphatic carboxylic acids is 1. The first-order valence-electron chi connectivity index (χ1n) is 16.4. The average Bonchev–Trinajstić information content (AvgIpc) is 3.60. The minimum absolute atomic E-state index is 0.315. The van der Waals surface area contributed by atoms with Gasteiger partial charge in [0, 0.05) is 50.1 Å². The number of nitriles is 1. The van der Waals surface area contributed by atoms with E-state index in [0.29, 0.717) is 35.5 Å². The standard InChI is InChI=1S/C37H49N5O3/c1-7-42-33(20-31(39-42)19-26-11-12-34(45-6)29(18-26)21-38)27-13-15-40(16-14-27)22-30-23-41(35(36(43)44)37(3,4)5)24-32(30)28-10-8-9-25(2)17-28/h8-12,17-18,20,27,30,32,35H,7,13-16,19,22-24H2,1-6H3,(H,43,44). The van der Waals surface area contributed by atoms with Crippen molar-refractivity contribution in [3.05, 3.63) is 82.2 Å². The van der Waals surface area contributed by atoms with E-state index in [1.807, 2.05) is 39.0 Å². The van der Waals surface area contributed by atoms with Gasteiger partial charge in [0.05, 0.1) is 18.4 Å². The number of methoxy groups -OCH3 is 1. The summed E-state index contributed by atoms with van der Waals surface area (Å²) in [6, 6.07) is 18.5. The molecule has 8 heteroatoms. The van der Waals surface area contributed by atoms with Crippen LogP contribution in [0.1, 0.15) is 86.0 Å². The maximum atomic E-state index is 12.4. The number of benzene rings is 2. The Labute approximate surface area is 268 Å². The number of carboxylic acid groups (broad SMARTS) is 1. The second-order valence-electron chi connectivity index (χ2n) is 14.1. The zero-order valence-electron chi connectivity index (χ0n) is 27.8. The van der Waals surface area contributed by atoms with Gasteiger partial charge in [0.25, 0.3) is 0 Å². The molecule has 3 unspecified atom stereocenters. The molecule has 2 fully saturated rings. The topological polar surface area (TPSA) is 94.6 Å². The number of aromatic nitrogens is 2. The van der Waals surface area contributed by atoms with Crippen LogP contribution in [0.3, 0.4) is 0 Å². The Balaban J connectivity index is 1.27. The van der Waals surface area contributed by atoms with E-state index in [9.17, 15) is 15.2 Å². The summed E-state index contributed by atoms with van der Waals surface area (Å²) in [6.07, 6.45) is 2.84. The van der Waals surface area contributed by atoms with Crippen LogP contribution in [0, 0.1) is 29.6 Å². The highest BCUT2D eigenvalue weighted by atomic mass is 16.5. The Morgan fingerprint density at radius 2 is 1.89 bits per heavy atom. The van der Waals surface area contributed by atoms with Crippen molar-refractivity contribution >= 4 is 5.97 Å². The minimum atomic E-state index is -0.726. The molecule has 8 nitrogen and oxygen atoms in total. The quantitative estimate of drug-likeness (QED) is 0.297. The summed E-state index contributed by atoms with van der Waals surface area (Å²) in [4.78, 5) is 17.3. The summed E-state index contributed by atoms with van der Waals surface area (Å²) in [7, 11) is 1.59. The molecular weight excluding hydrogens is 562 g/mol. The van der Waals surface area contributed by atoms with Crippen LogP contribution in [-0.4, -0.2) is 76.5 Å². The second-order valence-corrected chi connectivity index (χ2v) is 14.1. The molecule has 2 aromatic carbocycles. The summed E-state index contributed by atoms with van der Waals surface area (Å²) < 4.78 is 7.47. The van der Waals surface area contributed by atoms with Gasteiger partial charge in [-0.2, -0.15) is 10.4 Å². The van der Waals surface area contributed by atoms with Gasteiger partial charge in [0.15, 0.2) is 0 Å². The van der Waals surface area contributed by atoms with Crippen LogP contribution in [0.25, 0.3) is 0 Å². The highest BCUT2D eigenvalue weighted by Crippen LogP contribution is 2.39. The number of hydrogen-bond donors (Lipinski definition) is 1. The highest BCUT2D eigenvalue weighted by molar-refractivity contribution is 5.74. The largest absolute Gasteiger partial charge is 0.495 e. The Bertz CT molecular complexity index is 1530. The lowest BCUT2D eigenvalue weighted by Gasteiger charge is -2.36. The summed E-state index contributed by atoms with van der Waals surface area (Å²) in [6.45, 7) is 15.9. The van der Waals surface area contributed by atoms with Gasteiger partial charge in [-0.1, -0.05) is 56.7 Å². The van der Waals surface area contributed by atoms with Crippen molar-refractivity contribution in [2.45, 2.75) is 78.3 Å². The van der Waals surface area contributed by atoms with Gasteiger partial charge >= 0.3 is 5.97 Å². The lowest BCUT2D eigenvalue weighted by Crippen LogP contribution is -2.48.